The van der Waals surface area contributed by atoms with Gasteiger partial charge in [0.05, 0.1) is 19.4 Å². The van der Waals surface area contributed by atoms with E-state index in [0.717, 1.165) is 44.1 Å². The minimum absolute atomic E-state index is 0.0975. The van der Waals surface area contributed by atoms with Crippen LogP contribution in [0.15, 0.2) is 35.2 Å². The third kappa shape index (κ3) is 4.06. The summed E-state index contributed by atoms with van der Waals surface area (Å²) in [5, 5.41) is 3.05. The Hall–Kier alpha value is -2.08. The summed E-state index contributed by atoms with van der Waals surface area (Å²) in [4.78, 5) is 19.1. The number of carbonyl (C=O) groups excluding carboxylic acids is 1. The number of hydrogen-bond acceptors (Lipinski definition) is 4. The summed E-state index contributed by atoms with van der Waals surface area (Å²) in [5.41, 5.74) is 0. The van der Waals surface area contributed by atoms with Gasteiger partial charge in [0, 0.05) is 24.4 Å². The van der Waals surface area contributed by atoms with Crippen molar-refractivity contribution in [3.63, 3.8) is 0 Å². The van der Waals surface area contributed by atoms with Crippen LogP contribution in [-0.2, 0) is 17.9 Å². The normalized spacial score (nSPS) is 16.6. The van der Waals surface area contributed by atoms with Gasteiger partial charge in [0.15, 0.2) is 0 Å². The highest BCUT2D eigenvalue weighted by atomic mass is 16.3. The van der Waals surface area contributed by atoms with E-state index in [1.807, 2.05) is 18.3 Å². The molecule has 0 radical (unpaired) electrons. The van der Waals surface area contributed by atoms with E-state index in [1.54, 1.807) is 12.5 Å². The molecule has 1 N–H and O–H groups in total. The minimum Gasteiger partial charge on any atom is -0.468 e. The van der Waals surface area contributed by atoms with E-state index in [0.29, 0.717) is 12.6 Å². The highest BCUT2D eigenvalue weighted by Crippen LogP contribution is 2.19. The lowest BCUT2D eigenvalue weighted by Crippen LogP contribution is -2.40. The van der Waals surface area contributed by atoms with Gasteiger partial charge in [-0.1, -0.05) is 0 Å². The predicted molar refractivity (Wildman–Crippen MR) is 91.2 cm³/mol. The Labute approximate surface area is 142 Å². The van der Waals surface area contributed by atoms with Crippen LogP contribution in [0.1, 0.15) is 44.3 Å². The molecule has 0 saturated carbocycles. The smallest absolute Gasteiger partial charge is 0.223 e. The lowest BCUT2D eigenvalue weighted by Gasteiger charge is -2.30. The van der Waals surface area contributed by atoms with Crippen molar-refractivity contribution in [1.82, 2.24) is 19.8 Å². The summed E-state index contributed by atoms with van der Waals surface area (Å²) in [7, 11) is 0. The fourth-order valence-corrected chi connectivity index (χ4v) is 3.24. The Balaban J connectivity index is 1.44. The summed E-state index contributed by atoms with van der Waals surface area (Å²) in [5.74, 6) is 2.14. The van der Waals surface area contributed by atoms with Crippen molar-refractivity contribution >= 4 is 5.91 Å². The van der Waals surface area contributed by atoms with Crippen molar-refractivity contribution in [2.75, 3.05) is 13.1 Å². The summed E-state index contributed by atoms with van der Waals surface area (Å²) < 4.78 is 7.48. The summed E-state index contributed by atoms with van der Waals surface area (Å²) in [6, 6.07) is 4.26. The summed E-state index contributed by atoms with van der Waals surface area (Å²) >= 11 is 0. The molecular weight excluding hydrogens is 304 g/mol. The fourth-order valence-electron chi connectivity index (χ4n) is 3.24. The third-order valence-corrected chi connectivity index (χ3v) is 4.64. The van der Waals surface area contributed by atoms with Crippen LogP contribution < -0.4 is 5.32 Å². The lowest BCUT2D eigenvalue weighted by molar-refractivity contribution is -0.126. The first-order valence-corrected chi connectivity index (χ1v) is 8.67. The highest BCUT2D eigenvalue weighted by molar-refractivity contribution is 5.78. The molecule has 1 saturated heterocycles. The fraction of sp³-hybridized carbons (Fsp3) is 0.556. The van der Waals surface area contributed by atoms with E-state index in [9.17, 15) is 4.79 Å². The lowest BCUT2D eigenvalue weighted by atomic mass is 9.96. The van der Waals surface area contributed by atoms with E-state index in [1.165, 1.54) is 0 Å². The average molecular weight is 330 g/mol. The second-order valence-electron chi connectivity index (χ2n) is 6.69. The van der Waals surface area contributed by atoms with E-state index < -0.39 is 0 Å². The van der Waals surface area contributed by atoms with Crippen molar-refractivity contribution in [2.24, 2.45) is 5.92 Å². The van der Waals surface area contributed by atoms with E-state index in [-0.39, 0.29) is 11.8 Å². The zero-order chi connectivity index (χ0) is 16.9. The van der Waals surface area contributed by atoms with Crippen LogP contribution in [0.25, 0.3) is 0 Å². The molecule has 1 amide bonds. The molecule has 0 spiro atoms. The molecule has 0 aromatic carbocycles. The van der Waals surface area contributed by atoms with E-state index >= 15 is 0 Å². The Morgan fingerprint density at radius 3 is 2.88 bits per heavy atom. The van der Waals surface area contributed by atoms with Crippen LogP contribution in [0.4, 0.5) is 0 Å². The van der Waals surface area contributed by atoms with Crippen molar-refractivity contribution < 1.29 is 9.21 Å². The number of amides is 1. The maximum Gasteiger partial charge on any atom is 0.223 e. The number of likely N-dealkylation sites (tertiary alicyclic amines) is 1. The molecule has 0 aliphatic carbocycles. The van der Waals surface area contributed by atoms with Gasteiger partial charge in [0.2, 0.25) is 5.91 Å². The zero-order valence-electron chi connectivity index (χ0n) is 14.4. The number of hydrogen-bond donors (Lipinski definition) is 1. The molecule has 6 nitrogen and oxygen atoms in total. The largest absolute Gasteiger partial charge is 0.468 e. The SMILES string of the molecule is CC(C)n1ccnc1CNC(=O)C1CCN(Cc2ccco2)CC1. The first kappa shape index (κ1) is 16.8. The molecule has 1 aliphatic rings. The molecule has 1 fully saturated rings. The molecule has 0 bridgehead atoms. The van der Waals surface area contributed by atoms with E-state index in [2.05, 4.69) is 33.6 Å². The van der Waals surface area contributed by atoms with Gasteiger partial charge in [-0.15, -0.1) is 0 Å². The number of piperidine rings is 1. The summed E-state index contributed by atoms with van der Waals surface area (Å²) in [6.45, 7) is 7.41. The van der Waals surface area contributed by atoms with Crippen LogP contribution in [-0.4, -0.2) is 33.4 Å². The van der Waals surface area contributed by atoms with Gasteiger partial charge >= 0.3 is 0 Å². The summed E-state index contributed by atoms with van der Waals surface area (Å²) in [6.07, 6.45) is 7.24. The first-order valence-electron chi connectivity index (χ1n) is 8.67. The Morgan fingerprint density at radius 1 is 1.42 bits per heavy atom. The number of aromatic nitrogens is 2. The van der Waals surface area contributed by atoms with Crippen LogP contribution >= 0.6 is 0 Å². The van der Waals surface area contributed by atoms with Crippen LogP contribution in [0.2, 0.25) is 0 Å². The number of furan rings is 1. The molecule has 24 heavy (non-hydrogen) atoms. The quantitative estimate of drug-likeness (QED) is 0.884. The standard InChI is InChI=1S/C18H26N4O2/c1-14(2)22-10-7-19-17(22)12-20-18(23)15-5-8-21(9-6-15)13-16-4-3-11-24-16/h3-4,7,10-11,14-15H,5-6,8-9,12-13H2,1-2H3,(H,20,23). The molecule has 2 aromatic heterocycles. The predicted octanol–water partition coefficient (Wildman–Crippen LogP) is 2.59. The molecule has 2 aromatic rings. The maximum absolute atomic E-state index is 12.4. The van der Waals surface area contributed by atoms with Crippen molar-refractivity contribution in [3.8, 4) is 0 Å². The molecule has 1 aliphatic heterocycles. The van der Waals surface area contributed by atoms with Gasteiger partial charge < -0.3 is 14.3 Å². The number of carbonyl (C=O) groups is 1. The molecule has 130 valence electrons. The first-order chi connectivity index (χ1) is 11.6. The monoisotopic (exact) mass is 330 g/mol. The number of rotatable bonds is 6. The second kappa shape index (κ2) is 7.66. The molecule has 3 heterocycles. The second-order valence-corrected chi connectivity index (χ2v) is 6.69. The van der Waals surface area contributed by atoms with Crippen molar-refractivity contribution in [3.05, 3.63) is 42.4 Å². The Morgan fingerprint density at radius 2 is 2.21 bits per heavy atom. The van der Waals surface area contributed by atoms with Gasteiger partial charge in [-0.05, 0) is 51.9 Å². The molecule has 0 atom stereocenters. The van der Waals surface area contributed by atoms with E-state index in [4.69, 9.17) is 4.42 Å². The highest BCUT2D eigenvalue weighted by Gasteiger charge is 2.25. The molecule has 0 unspecified atom stereocenters. The third-order valence-electron chi connectivity index (χ3n) is 4.64. The van der Waals surface area contributed by atoms with Gasteiger partial charge in [-0.25, -0.2) is 4.98 Å². The Bertz CT molecular complexity index is 640. The maximum atomic E-state index is 12.4. The minimum atomic E-state index is 0.0975. The average Bonchev–Trinajstić information content (AvgIpc) is 3.24. The van der Waals surface area contributed by atoms with Crippen molar-refractivity contribution in [1.29, 1.82) is 0 Å². The van der Waals surface area contributed by atoms with Gasteiger partial charge in [0.25, 0.3) is 0 Å². The van der Waals surface area contributed by atoms with Crippen LogP contribution in [0.5, 0.6) is 0 Å². The number of nitrogens with one attached hydrogen (secondary N) is 1. The Kier molecular flexibility index (Phi) is 5.35. The number of imidazole rings is 1. The zero-order valence-corrected chi connectivity index (χ0v) is 14.4. The topological polar surface area (TPSA) is 63.3 Å². The molecule has 3 rings (SSSR count). The number of nitrogens with zero attached hydrogens (tertiary/aromatic N) is 3. The van der Waals surface area contributed by atoms with Gasteiger partial charge in [-0.2, -0.15) is 0 Å². The van der Waals surface area contributed by atoms with Crippen LogP contribution in [0.3, 0.4) is 0 Å². The molecular formula is C18H26N4O2. The van der Waals surface area contributed by atoms with Gasteiger partial charge in [-0.3, -0.25) is 9.69 Å². The van der Waals surface area contributed by atoms with Gasteiger partial charge in [0.1, 0.15) is 11.6 Å². The van der Waals surface area contributed by atoms with Crippen LogP contribution in [0, 0.1) is 5.92 Å². The van der Waals surface area contributed by atoms with Crippen molar-refractivity contribution in [2.45, 2.75) is 45.8 Å². The molecule has 6 heteroatoms.